The number of aliphatic hydroxyl groups is 3. The summed E-state index contributed by atoms with van der Waals surface area (Å²) in [5.41, 5.74) is 3.01. The number of aliphatic hydroxyl groups excluding tert-OH is 3. The van der Waals surface area contributed by atoms with Crippen LogP contribution < -0.4 is 14.8 Å². The van der Waals surface area contributed by atoms with Crippen molar-refractivity contribution in [1.29, 1.82) is 0 Å². The van der Waals surface area contributed by atoms with Crippen molar-refractivity contribution in [3.05, 3.63) is 68.9 Å². The van der Waals surface area contributed by atoms with Gasteiger partial charge in [0.25, 0.3) is 0 Å². The standard InChI is InChI=1S/C34H42IN3O7/c1-44-30-15-22(20-40)14-26(35)33(30)45-29-19-24(34(43)36-11-13-39)18-28(32(29)42)38(31(41)16-21-6-2-3-7-21)12-10-25-17-23-8-4-5-9-27(23)37-25/h4-5,8-9,14-15,17,19,21,28-29,32,37,39-40,42H,2-3,6-7,10-13,16,18,20H2,1H3,(H,36,43)/t28-,29+,32+/m1/s1. The molecule has 2 aliphatic rings. The maximum atomic E-state index is 14.0. The van der Waals surface area contributed by atoms with E-state index in [0.29, 0.717) is 51.5 Å². The van der Waals surface area contributed by atoms with Gasteiger partial charge in [-0.3, -0.25) is 9.59 Å². The van der Waals surface area contributed by atoms with Crippen molar-refractivity contribution in [2.24, 2.45) is 5.92 Å². The molecule has 0 radical (unpaired) electrons. The first-order valence-electron chi connectivity index (χ1n) is 15.6. The number of H-pyrrole nitrogens is 1. The minimum absolute atomic E-state index is 0.0442. The highest BCUT2D eigenvalue weighted by molar-refractivity contribution is 14.1. The Morgan fingerprint density at radius 1 is 1.13 bits per heavy atom. The molecule has 1 heterocycles. The quantitative estimate of drug-likeness (QED) is 0.168. The van der Waals surface area contributed by atoms with Crippen LogP contribution in [-0.2, 0) is 22.6 Å². The number of hydrogen-bond acceptors (Lipinski definition) is 7. The summed E-state index contributed by atoms with van der Waals surface area (Å²) < 4.78 is 12.6. The molecule has 0 unspecified atom stereocenters. The molecule has 0 aliphatic heterocycles. The Hall–Kier alpha value is -3.13. The summed E-state index contributed by atoms with van der Waals surface area (Å²) in [5, 5.41) is 34.7. The monoisotopic (exact) mass is 731 g/mol. The molecule has 242 valence electrons. The smallest absolute Gasteiger partial charge is 0.247 e. The van der Waals surface area contributed by atoms with Crippen molar-refractivity contribution < 1.29 is 34.4 Å². The number of hydrogen-bond donors (Lipinski definition) is 5. The Kier molecular flexibility index (Phi) is 11.4. The molecule has 45 heavy (non-hydrogen) atoms. The van der Waals surface area contributed by atoms with Gasteiger partial charge in [-0.05, 0) is 82.6 Å². The Morgan fingerprint density at radius 2 is 1.91 bits per heavy atom. The molecule has 1 saturated carbocycles. The average molecular weight is 732 g/mol. The van der Waals surface area contributed by atoms with Gasteiger partial charge in [0.1, 0.15) is 12.2 Å². The Bertz CT molecular complexity index is 1480. The Labute approximate surface area is 276 Å². The fourth-order valence-electron chi connectivity index (χ4n) is 6.46. The van der Waals surface area contributed by atoms with E-state index < -0.39 is 18.2 Å². The molecule has 0 spiro atoms. The topological polar surface area (TPSA) is 144 Å². The van der Waals surface area contributed by atoms with Crippen molar-refractivity contribution in [2.45, 2.75) is 69.8 Å². The summed E-state index contributed by atoms with van der Waals surface area (Å²) in [7, 11) is 1.50. The second-order valence-corrected chi connectivity index (χ2v) is 13.0. The van der Waals surface area contributed by atoms with Crippen LogP contribution >= 0.6 is 22.6 Å². The third-order valence-corrected chi connectivity index (χ3v) is 9.61. The van der Waals surface area contributed by atoms with E-state index in [4.69, 9.17) is 9.47 Å². The number of rotatable bonds is 13. The predicted molar refractivity (Wildman–Crippen MR) is 179 cm³/mol. The zero-order valence-electron chi connectivity index (χ0n) is 25.5. The van der Waals surface area contributed by atoms with Crippen LogP contribution in [0.4, 0.5) is 0 Å². The molecular formula is C34H42IN3O7. The van der Waals surface area contributed by atoms with Gasteiger partial charge < -0.3 is 40.0 Å². The summed E-state index contributed by atoms with van der Waals surface area (Å²) in [6.07, 6.45) is 4.80. The second-order valence-electron chi connectivity index (χ2n) is 11.9. The minimum Gasteiger partial charge on any atom is -0.493 e. The molecule has 2 amide bonds. The molecule has 1 fully saturated rings. The van der Waals surface area contributed by atoms with E-state index in [9.17, 15) is 24.9 Å². The van der Waals surface area contributed by atoms with Crippen LogP contribution in [0.25, 0.3) is 10.9 Å². The number of fused-ring (bicyclic) bond motifs is 1. The average Bonchev–Trinajstić information content (AvgIpc) is 3.71. The lowest BCUT2D eigenvalue weighted by Crippen LogP contribution is -2.55. The highest BCUT2D eigenvalue weighted by atomic mass is 127. The molecule has 2 aliphatic carbocycles. The molecule has 0 saturated heterocycles. The summed E-state index contributed by atoms with van der Waals surface area (Å²) in [6, 6.07) is 12.8. The molecule has 10 nitrogen and oxygen atoms in total. The van der Waals surface area contributed by atoms with Gasteiger partial charge in [-0.2, -0.15) is 0 Å². The Balaban J connectivity index is 1.47. The van der Waals surface area contributed by atoms with Gasteiger partial charge in [-0.1, -0.05) is 31.0 Å². The lowest BCUT2D eigenvalue weighted by atomic mass is 9.87. The molecule has 5 N–H and O–H groups in total. The van der Waals surface area contributed by atoms with E-state index in [1.807, 2.05) is 24.3 Å². The molecule has 3 aromatic rings. The van der Waals surface area contributed by atoms with Crippen LogP contribution in [0.15, 0.2) is 54.1 Å². The normalized spacial score (nSPS) is 20.2. The van der Waals surface area contributed by atoms with E-state index in [1.165, 1.54) is 7.11 Å². The van der Waals surface area contributed by atoms with Gasteiger partial charge in [0.05, 0.1) is 29.9 Å². The maximum absolute atomic E-state index is 14.0. The highest BCUT2D eigenvalue weighted by Crippen LogP contribution is 2.38. The first-order chi connectivity index (χ1) is 21.8. The number of amides is 2. The number of carbonyl (C=O) groups is 2. The predicted octanol–water partition coefficient (Wildman–Crippen LogP) is 3.84. The highest BCUT2D eigenvalue weighted by Gasteiger charge is 2.41. The molecule has 3 atom stereocenters. The number of aromatic nitrogens is 1. The number of nitrogens with zero attached hydrogens (tertiary/aromatic N) is 1. The first kappa shape index (κ1) is 33.2. The van der Waals surface area contributed by atoms with Crippen LogP contribution in [0.3, 0.4) is 0 Å². The molecule has 0 bridgehead atoms. The molecule has 1 aromatic heterocycles. The van der Waals surface area contributed by atoms with Crippen molar-refractivity contribution in [3.63, 3.8) is 0 Å². The van der Waals surface area contributed by atoms with Crippen LogP contribution in [0, 0.1) is 9.49 Å². The number of ether oxygens (including phenoxy) is 2. The molecule has 5 rings (SSSR count). The number of carbonyl (C=O) groups excluding carboxylic acids is 2. The summed E-state index contributed by atoms with van der Waals surface area (Å²) in [5.74, 6) is 0.628. The van der Waals surface area contributed by atoms with E-state index >= 15 is 0 Å². The van der Waals surface area contributed by atoms with E-state index in [2.05, 4.69) is 39.0 Å². The van der Waals surface area contributed by atoms with Crippen LogP contribution in [0.2, 0.25) is 0 Å². The van der Waals surface area contributed by atoms with E-state index in [1.54, 1.807) is 23.1 Å². The fraction of sp³-hybridized carbons (Fsp3) is 0.471. The third kappa shape index (κ3) is 8.00. The van der Waals surface area contributed by atoms with Crippen molar-refractivity contribution in [1.82, 2.24) is 15.2 Å². The molecule has 11 heteroatoms. The van der Waals surface area contributed by atoms with Crippen molar-refractivity contribution in [2.75, 3.05) is 26.8 Å². The van der Waals surface area contributed by atoms with Crippen molar-refractivity contribution in [3.8, 4) is 11.5 Å². The molecular weight excluding hydrogens is 689 g/mol. The van der Waals surface area contributed by atoms with Crippen LogP contribution in [0.1, 0.15) is 49.8 Å². The largest absolute Gasteiger partial charge is 0.493 e. The lowest BCUT2D eigenvalue weighted by molar-refractivity contribution is -0.139. The van der Waals surface area contributed by atoms with Gasteiger partial charge in [0.2, 0.25) is 11.8 Å². The van der Waals surface area contributed by atoms with Crippen LogP contribution in [0.5, 0.6) is 11.5 Å². The first-order valence-corrected chi connectivity index (χ1v) is 16.7. The van der Waals surface area contributed by atoms with E-state index in [-0.39, 0.29) is 38.0 Å². The summed E-state index contributed by atoms with van der Waals surface area (Å²) in [4.78, 5) is 32.5. The zero-order chi connectivity index (χ0) is 31.9. The number of para-hydroxylation sites is 1. The number of aromatic amines is 1. The summed E-state index contributed by atoms with van der Waals surface area (Å²) >= 11 is 2.09. The van der Waals surface area contributed by atoms with E-state index in [0.717, 1.165) is 42.3 Å². The Morgan fingerprint density at radius 3 is 2.62 bits per heavy atom. The second kappa shape index (κ2) is 15.4. The fourth-order valence-corrected chi connectivity index (χ4v) is 7.25. The number of methoxy groups -OCH3 is 1. The van der Waals surface area contributed by atoms with Gasteiger partial charge in [0, 0.05) is 49.1 Å². The SMILES string of the molecule is COc1cc(CO)cc(I)c1O[C@H]1C=C(C(=O)NCCO)C[C@@H](N(CCc2cc3ccccc3[nH]2)C(=O)CC2CCCC2)[C@@H]1O. The number of nitrogens with one attached hydrogen (secondary N) is 2. The lowest BCUT2D eigenvalue weighted by Gasteiger charge is -2.41. The van der Waals surface area contributed by atoms with Gasteiger partial charge >= 0.3 is 0 Å². The van der Waals surface area contributed by atoms with Gasteiger partial charge in [0.15, 0.2) is 11.5 Å². The van der Waals surface area contributed by atoms with Gasteiger partial charge in [-0.25, -0.2) is 0 Å². The number of halogens is 1. The third-order valence-electron chi connectivity index (χ3n) is 8.81. The minimum atomic E-state index is -1.15. The van der Waals surface area contributed by atoms with Gasteiger partial charge in [-0.15, -0.1) is 0 Å². The maximum Gasteiger partial charge on any atom is 0.247 e. The number of benzene rings is 2. The van der Waals surface area contributed by atoms with Crippen molar-refractivity contribution >= 4 is 45.3 Å². The zero-order valence-corrected chi connectivity index (χ0v) is 27.7. The summed E-state index contributed by atoms with van der Waals surface area (Å²) in [6.45, 7) is 0.0385. The van der Waals surface area contributed by atoms with Crippen LogP contribution in [-0.4, -0.2) is 82.1 Å². The molecule has 2 aromatic carbocycles.